The lowest BCUT2D eigenvalue weighted by Crippen LogP contribution is -2.49. The van der Waals surface area contributed by atoms with Gasteiger partial charge < -0.3 is 21.3 Å². The number of aromatic nitrogens is 1. The van der Waals surface area contributed by atoms with Gasteiger partial charge in [-0.25, -0.2) is 4.98 Å². The fourth-order valence-electron chi connectivity index (χ4n) is 4.00. The zero-order chi connectivity index (χ0) is 22.2. The van der Waals surface area contributed by atoms with Gasteiger partial charge >= 0.3 is 0 Å². The second-order valence-electron chi connectivity index (χ2n) is 7.57. The minimum absolute atomic E-state index is 0.0461. The number of benzene rings is 1. The maximum Gasteiger partial charge on any atom is 0.260 e. The number of hydrogen-bond donors (Lipinski definition) is 2. The zero-order valence-electron chi connectivity index (χ0n) is 17.2. The number of primary amides is 1. The second kappa shape index (κ2) is 8.25. The van der Waals surface area contributed by atoms with E-state index in [0.717, 1.165) is 22.3 Å². The highest BCUT2D eigenvalue weighted by atomic mass is 32.1. The Morgan fingerprint density at radius 2 is 1.78 bits per heavy atom. The molecule has 9 heteroatoms. The fraction of sp³-hybridized carbons (Fsp3) is 0.174. The predicted octanol–water partition coefficient (Wildman–Crippen LogP) is 3.67. The van der Waals surface area contributed by atoms with E-state index in [2.05, 4.69) is 10.3 Å². The molecule has 7 nitrogen and oxygen atoms in total. The SMILES string of the molecule is NC(=O)c1sc2nc(N3CCN(C(=O)c4ccccc4)CC3)cc(-c3ccsc3)c2c1N. The number of nitrogens with two attached hydrogens (primary N) is 2. The summed E-state index contributed by atoms with van der Waals surface area (Å²) < 4.78 is 0. The van der Waals surface area contributed by atoms with Crippen LogP contribution in [0.25, 0.3) is 21.3 Å². The highest BCUT2D eigenvalue weighted by molar-refractivity contribution is 7.21. The first-order chi connectivity index (χ1) is 15.5. The minimum Gasteiger partial charge on any atom is -0.397 e. The van der Waals surface area contributed by atoms with Crippen LogP contribution in [0.15, 0.2) is 53.2 Å². The van der Waals surface area contributed by atoms with Crippen LogP contribution < -0.4 is 16.4 Å². The Balaban J connectivity index is 1.46. The van der Waals surface area contributed by atoms with E-state index in [1.165, 1.54) is 11.3 Å². The maximum atomic E-state index is 12.8. The van der Waals surface area contributed by atoms with Crippen LogP contribution in [0, 0.1) is 0 Å². The van der Waals surface area contributed by atoms with Crippen molar-refractivity contribution in [2.24, 2.45) is 5.73 Å². The van der Waals surface area contributed by atoms with Gasteiger partial charge in [0.05, 0.1) is 5.69 Å². The highest BCUT2D eigenvalue weighted by Gasteiger charge is 2.25. The van der Waals surface area contributed by atoms with Crippen LogP contribution in [0.3, 0.4) is 0 Å². The summed E-state index contributed by atoms with van der Waals surface area (Å²) in [5.41, 5.74) is 14.9. The summed E-state index contributed by atoms with van der Waals surface area (Å²) in [5, 5.41) is 4.83. The van der Waals surface area contributed by atoms with Crippen molar-refractivity contribution in [1.29, 1.82) is 0 Å². The average molecular weight is 464 g/mol. The van der Waals surface area contributed by atoms with Crippen molar-refractivity contribution in [3.05, 3.63) is 63.7 Å². The van der Waals surface area contributed by atoms with Crippen molar-refractivity contribution in [3.8, 4) is 11.1 Å². The Morgan fingerprint density at radius 3 is 2.44 bits per heavy atom. The molecule has 1 fully saturated rings. The smallest absolute Gasteiger partial charge is 0.260 e. The van der Waals surface area contributed by atoms with Crippen molar-refractivity contribution < 1.29 is 9.59 Å². The molecule has 2 amide bonds. The summed E-state index contributed by atoms with van der Waals surface area (Å²) in [5.74, 6) is 0.309. The molecule has 4 N–H and O–H groups in total. The quantitative estimate of drug-likeness (QED) is 0.480. The third-order valence-electron chi connectivity index (χ3n) is 5.65. The zero-order valence-corrected chi connectivity index (χ0v) is 18.8. The van der Waals surface area contributed by atoms with Gasteiger partial charge in [-0.05, 0) is 46.2 Å². The molecule has 0 aliphatic carbocycles. The van der Waals surface area contributed by atoms with Crippen molar-refractivity contribution in [2.45, 2.75) is 0 Å². The van der Waals surface area contributed by atoms with Crippen LogP contribution in [0.1, 0.15) is 20.0 Å². The lowest BCUT2D eigenvalue weighted by molar-refractivity contribution is 0.0746. The van der Waals surface area contributed by atoms with Gasteiger partial charge in [-0.15, -0.1) is 11.3 Å². The number of amides is 2. The van der Waals surface area contributed by atoms with E-state index in [9.17, 15) is 9.59 Å². The average Bonchev–Trinajstić information content (AvgIpc) is 3.47. The second-order valence-corrected chi connectivity index (χ2v) is 9.35. The first-order valence-corrected chi connectivity index (χ1v) is 11.9. The van der Waals surface area contributed by atoms with Gasteiger partial charge in [-0.3, -0.25) is 9.59 Å². The van der Waals surface area contributed by atoms with Crippen molar-refractivity contribution in [2.75, 3.05) is 36.8 Å². The van der Waals surface area contributed by atoms with E-state index in [0.29, 0.717) is 47.1 Å². The van der Waals surface area contributed by atoms with Crippen LogP contribution >= 0.6 is 22.7 Å². The van der Waals surface area contributed by atoms with E-state index in [4.69, 9.17) is 16.5 Å². The summed E-state index contributed by atoms with van der Waals surface area (Å²) in [6.07, 6.45) is 0. The molecular weight excluding hydrogens is 442 g/mol. The number of thiophene rings is 2. The lowest BCUT2D eigenvalue weighted by Gasteiger charge is -2.35. The molecule has 0 atom stereocenters. The Morgan fingerprint density at radius 1 is 1.03 bits per heavy atom. The molecule has 1 aromatic carbocycles. The minimum atomic E-state index is -0.545. The molecule has 4 heterocycles. The largest absolute Gasteiger partial charge is 0.397 e. The number of carbonyl (C=O) groups is 2. The number of nitrogen functional groups attached to an aromatic ring is 1. The number of pyridine rings is 1. The number of piperazine rings is 1. The van der Waals surface area contributed by atoms with Gasteiger partial charge in [0.1, 0.15) is 15.5 Å². The first-order valence-electron chi connectivity index (χ1n) is 10.2. The third kappa shape index (κ3) is 3.59. The number of carbonyl (C=O) groups excluding carboxylic acids is 2. The van der Waals surface area contributed by atoms with Gasteiger partial charge in [-0.1, -0.05) is 18.2 Å². The molecule has 0 saturated carbocycles. The van der Waals surface area contributed by atoms with E-state index >= 15 is 0 Å². The van der Waals surface area contributed by atoms with Crippen LogP contribution in [0.2, 0.25) is 0 Å². The van der Waals surface area contributed by atoms with Crippen LogP contribution in [0.5, 0.6) is 0 Å². The summed E-state index contributed by atoms with van der Waals surface area (Å²) in [6, 6.07) is 13.4. The van der Waals surface area contributed by atoms with Gasteiger partial charge in [0, 0.05) is 37.1 Å². The van der Waals surface area contributed by atoms with Crippen LogP contribution in [-0.4, -0.2) is 47.9 Å². The molecule has 0 radical (unpaired) electrons. The third-order valence-corrected chi connectivity index (χ3v) is 7.45. The molecule has 4 aromatic rings. The Labute approximate surface area is 192 Å². The molecule has 0 spiro atoms. The lowest BCUT2D eigenvalue weighted by atomic mass is 10.0. The number of fused-ring (bicyclic) bond motifs is 1. The summed E-state index contributed by atoms with van der Waals surface area (Å²) in [6.45, 7) is 2.56. The highest BCUT2D eigenvalue weighted by Crippen LogP contribution is 2.41. The summed E-state index contributed by atoms with van der Waals surface area (Å²) in [4.78, 5) is 34.5. The normalized spacial score (nSPS) is 14.1. The van der Waals surface area contributed by atoms with Crippen molar-refractivity contribution in [1.82, 2.24) is 9.88 Å². The first kappa shape index (κ1) is 20.5. The summed E-state index contributed by atoms with van der Waals surface area (Å²) >= 11 is 2.82. The molecule has 3 aromatic heterocycles. The number of anilines is 2. The Hall–Kier alpha value is -3.43. The molecular formula is C23H21N5O2S2. The molecule has 32 heavy (non-hydrogen) atoms. The topological polar surface area (TPSA) is 106 Å². The molecule has 1 aliphatic heterocycles. The number of hydrogen-bond acceptors (Lipinski definition) is 7. The molecule has 1 aliphatic rings. The number of rotatable bonds is 4. The van der Waals surface area contributed by atoms with Gasteiger partial charge in [0.15, 0.2) is 0 Å². The molecule has 0 unspecified atom stereocenters. The Bertz CT molecular complexity index is 1290. The number of nitrogens with zero attached hydrogens (tertiary/aromatic N) is 3. The van der Waals surface area contributed by atoms with Crippen molar-refractivity contribution >= 4 is 56.2 Å². The van der Waals surface area contributed by atoms with Crippen LogP contribution in [0.4, 0.5) is 11.5 Å². The molecule has 0 bridgehead atoms. The van der Waals surface area contributed by atoms with E-state index in [1.54, 1.807) is 11.3 Å². The summed E-state index contributed by atoms with van der Waals surface area (Å²) in [7, 11) is 0. The van der Waals surface area contributed by atoms with E-state index in [1.807, 2.05) is 52.7 Å². The van der Waals surface area contributed by atoms with Crippen molar-refractivity contribution in [3.63, 3.8) is 0 Å². The van der Waals surface area contributed by atoms with Gasteiger partial charge in [0.25, 0.3) is 11.8 Å². The van der Waals surface area contributed by atoms with E-state index in [-0.39, 0.29) is 5.91 Å². The molecule has 1 saturated heterocycles. The van der Waals surface area contributed by atoms with Gasteiger partial charge in [-0.2, -0.15) is 11.3 Å². The standard InChI is InChI=1S/C23H21N5O2S2/c24-19-18-16(15-6-11-31-13-15)12-17(26-22(18)32-20(19)21(25)29)27-7-9-28(10-8-27)23(30)14-4-2-1-3-5-14/h1-6,11-13H,7-10,24H2,(H2,25,29). The van der Waals surface area contributed by atoms with Gasteiger partial charge in [0.2, 0.25) is 0 Å². The molecule has 5 rings (SSSR count). The Kier molecular flexibility index (Phi) is 5.28. The maximum absolute atomic E-state index is 12.8. The van der Waals surface area contributed by atoms with Crippen LogP contribution in [-0.2, 0) is 0 Å². The van der Waals surface area contributed by atoms with E-state index < -0.39 is 5.91 Å². The monoisotopic (exact) mass is 463 g/mol. The predicted molar refractivity (Wildman–Crippen MR) is 130 cm³/mol. The molecule has 162 valence electrons. The fourth-order valence-corrected chi connectivity index (χ4v) is 5.62.